The molecule has 3 rings (SSSR count). The molecule has 1 saturated heterocycles. The molecule has 0 bridgehead atoms. The Kier molecular flexibility index (Phi) is 5.58. The van der Waals surface area contributed by atoms with Gasteiger partial charge in [-0.25, -0.2) is 4.79 Å². The zero-order valence-corrected chi connectivity index (χ0v) is 14.8. The van der Waals surface area contributed by atoms with E-state index in [1.165, 1.54) is 4.90 Å². The van der Waals surface area contributed by atoms with Gasteiger partial charge < -0.3 is 20.7 Å². The normalized spacial score (nSPS) is 18.9. The zero-order valence-electron chi connectivity index (χ0n) is 14.8. The van der Waals surface area contributed by atoms with Crippen LogP contribution >= 0.6 is 0 Å². The van der Waals surface area contributed by atoms with Crippen molar-refractivity contribution in [2.24, 2.45) is 5.73 Å². The van der Waals surface area contributed by atoms with Gasteiger partial charge in [0.25, 0.3) is 5.91 Å². The number of hydrogen-bond donors (Lipinski definition) is 3. The molecule has 1 fully saturated rings. The summed E-state index contributed by atoms with van der Waals surface area (Å²) in [6, 6.07) is 4.81. The highest BCUT2D eigenvalue weighted by Gasteiger charge is 2.39. The van der Waals surface area contributed by atoms with Crippen LogP contribution in [-0.2, 0) is 20.9 Å². The van der Waals surface area contributed by atoms with E-state index in [2.05, 4.69) is 15.4 Å². The number of piperidine rings is 1. The largest absolute Gasteiger partial charge is 0.450 e. The van der Waals surface area contributed by atoms with E-state index in [1.807, 2.05) is 6.07 Å². The molecule has 144 valence electrons. The molecule has 0 aliphatic carbocycles. The number of benzene rings is 1. The number of anilines is 1. The topological polar surface area (TPSA) is 131 Å². The number of amides is 4. The number of fused-ring (bicyclic) bond motifs is 1. The van der Waals surface area contributed by atoms with Crippen LogP contribution in [0.15, 0.2) is 18.2 Å². The third-order valence-corrected chi connectivity index (χ3v) is 4.71. The van der Waals surface area contributed by atoms with Crippen LogP contribution in [0.5, 0.6) is 0 Å². The van der Waals surface area contributed by atoms with E-state index in [0.29, 0.717) is 31.5 Å². The maximum absolute atomic E-state index is 12.7. The van der Waals surface area contributed by atoms with Crippen molar-refractivity contribution in [1.29, 1.82) is 0 Å². The molecule has 27 heavy (non-hydrogen) atoms. The van der Waals surface area contributed by atoms with E-state index in [9.17, 15) is 19.2 Å². The van der Waals surface area contributed by atoms with Crippen LogP contribution in [-0.4, -0.2) is 47.9 Å². The molecule has 1 aromatic rings. The third kappa shape index (κ3) is 4.18. The lowest BCUT2D eigenvalue weighted by Crippen LogP contribution is -2.52. The number of hydrogen-bond acceptors (Lipinski definition) is 6. The summed E-state index contributed by atoms with van der Waals surface area (Å²) in [5.41, 5.74) is 7.16. The van der Waals surface area contributed by atoms with Crippen molar-refractivity contribution in [3.63, 3.8) is 0 Å². The van der Waals surface area contributed by atoms with Gasteiger partial charge in [-0.3, -0.25) is 19.7 Å². The summed E-state index contributed by atoms with van der Waals surface area (Å²) in [5.74, 6) is -0.919. The Morgan fingerprint density at radius 1 is 1.30 bits per heavy atom. The molecule has 0 aromatic heterocycles. The van der Waals surface area contributed by atoms with E-state index in [1.54, 1.807) is 12.1 Å². The summed E-state index contributed by atoms with van der Waals surface area (Å²) in [4.78, 5) is 48.2. The number of unbranched alkanes of at least 4 members (excludes halogenated alkanes) is 1. The lowest BCUT2D eigenvalue weighted by molar-refractivity contribution is -0.136. The monoisotopic (exact) mass is 374 g/mol. The summed E-state index contributed by atoms with van der Waals surface area (Å²) in [6.07, 6.45) is 1.23. The second-order valence-electron chi connectivity index (χ2n) is 6.53. The first-order valence-electron chi connectivity index (χ1n) is 8.90. The highest BCUT2D eigenvalue weighted by molar-refractivity contribution is 6.06. The fourth-order valence-electron chi connectivity index (χ4n) is 3.37. The van der Waals surface area contributed by atoms with E-state index < -0.39 is 18.0 Å². The fourth-order valence-corrected chi connectivity index (χ4v) is 3.37. The molecule has 0 saturated carbocycles. The lowest BCUT2D eigenvalue weighted by atomic mass is 10.0. The minimum Gasteiger partial charge on any atom is -0.450 e. The molecular weight excluding hydrogens is 352 g/mol. The average molecular weight is 374 g/mol. The maximum Gasteiger partial charge on any atom is 0.404 e. The summed E-state index contributed by atoms with van der Waals surface area (Å²) in [5, 5.41) is 5.59. The lowest BCUT2D eigenvalue weighted by Gasteiger charge is -2.29. The number of nitrogens with zero attached hydrogens (tertiary/aromatic N) is 1. The third-order valence-electron chi connectivity index (χ3n) is 4.71. The predicted octanol–water partition coefficient (Wildman–Crippen LogP) is 0.735. The summed E-state index contributed by atoms with van der Waals surface area (Å²) < 4.78 is 4.68. The minimum atomic E-state index is -0.782. The van der Waals surface area contributed by atoms with Crippen molar-refractivity contribution >= 4 is 29.5 Å². The Balaban J connectivity index is 1.61. The second kappa shape index (κ2) is 8.07. The zero-order chi connectivity index (χ0) is 19.4. The molecule has 9 nitrogen and oxygen atoms in total. The second-order valence-corrected chi connectivity index (χ2v) is 6.53. The van der Waals surface area contributed by atoms with Gasteiger partial charge in [0.05, 0.1) is 6.61 Å². The first kappa shape index (κ1) is 18.7. The van der Waals surface area contributed by atoms with Gasteiger partial charge in [0, 0.05) is 36.3 Å². The van der Waals surface area contributed by atoms with Crippen LogP contribution in [0.4, 0.5) is 10.5 Å². The molecule has 1 unspecified atom stereocenters. The fraction of sp³-hybridized carbons (Fsp3) is 0.444. The van der Waals surface area contributed by atoms with E-state index in [0.717, 1.165) is 17.7 Å². The van der Waals surface area contributed by atoms with Gasteiger partial charge >= 0.3 is 6.09 Å². The Bertz CT molecular complexity index is 779. The molecule has 1 aromatic carbocycles. The van der Waals surface area contributed by atoms with Gasteiger partial charge in [-0.05, 0) is 31.4 Å². The molecule has 1 atom stereocenters. The molecule has 2 heterocycles. The number of nitrogens with two attached hydrogens (primary N) is 1. The maximum atomic E-state index is 12.7. The SMILES string of the molecule is NC(=O)OCCCCNc1cccc2c1CN(C1CCC(=O)NC1=O)C2=O. The molecule has 0 spiro atoms. The molecule has 4 amide bonds. The average Bonchev–Trinajstić information content (AvgIpc) is 2.95. The number of carbonyl (C=O) groups excluding carboxylic acids is 4. The van der Waals surface area contributed by atoms with E-state index >= 15 is 0 Å². The number of imide groups is 1. The van der Waals surface area contributed by atoms with Crippen LogP contribution in [0, 0.1) is 0 Å². The number of rotatable bonds is 7. The first-order chi connectivity index (χ1) is 13.0. The Labute approximate surface area is 156 Å². The molecule has 4 N–H and O–H groups in total. The van der Waals surface area contributed by atoms with Gasteiger partial charge in [0.15, 0.2) is 0 Å². The number of nitrogens with one attached hydrogen (secondary N) is 2. The van der Waals surface area contributed by atoms with Crippen LogP contribution in [0.2, 0.25) is 0 Å². The van der Waals surface area contributed by atoms with Gasteiger partial charge in [-0.15, -0.1) is 0 Å². The predicted molar refractivity (Wildman–Crippen MR) is 95.7 cm³/mol. The highest BCUT2D eigenvalue weighted by Crippen LogP contribution is 2.32. The van der Waals surface area contributed by atoms with Crippen molar-refractivity contribution in [3.8, 4) is 0 Å². The van der Waals surface area contributed by atoms with E-state index in [4.69, 9.17) is 5.73 Å². The van der Waals surface area contributed by atoms with E-state index in [-0.39, 0.29) is 24.8 Å². The minimum absolute atomic E-state index is 0.196. The molecule has 2 aliphatic rings. The van der Waals surface area contributed by atoms with Crippen molar-refractivity contribution in [1.82, 2.24) is 10.2 Å². The Hall–Kier alpha value is -3.10. The smallest absolute Gasteiger partial charge is 0.404 e. The molecule has 9 heteroatoms. The molecule has 0 radical (unpaired) electrons. The quantitative estimate of drug-likeness (QED) is 0.476. The van der Waals surface area contributed by atoms with Crippen LogP contribution in [0.3, 0.4) is 0 Å². The van der Waals surface area contributed by atoms with Gasteiger partial charge in [-0.1, -0.05) is 6.07 Å². The van der Waals surface area contributed by atoms with Crippen molar-refractivity contribution in [2.45, 2.75) is 38.3 Å². The summed E-state index contributed by atoms with van der Waals surface area (Å²) in [6.45, 7) is 1.24. The first-order valence-corrected chi connectivity index (χ1v) is 8.90. The number of ether oxygens (including phenoxy) is 1. The van der Waals surface area contributed by atoms with Crippen LogP contribution < -0.4 is 16.4 Å². The highest BCUT2D eigenvalue weighted by atomic mass is 16.5. The summed E-state index contributed by atoms with van der Waals surface area (Å²) in [7, 11) is 0. The van der Waals surface area contributed by atoms with Gasteiger partial charge in [0.1, 0.15) is 6.04 Å². The van der Waals surface area contributed by atoms with Crippen LogP contribution in [0.25, 0.3) is 0 Å². The standard InChI is InChI=1S/C18H22N4O5/c19-18(26)27-9-2-1-8-20-13-5-3-4-11-12(13)10-22(17(11)25)14-6-7-15(23)21-16(14)24/h3-5,14,20H,1-2,6-10H2,(H2,19,26)(H,21,23,24). The molecular formula is C18H22N4O5. The number of primary amides is 1. The Morgan fingerprint density at radius 2 is 2.11 bits per heavy atom. The van der Waals surface area contributed by atoms with Crippen LogP contribution in [0.1, 0.15) is 41.6 Å². The van der Waals surface area contributed by atoms with Crippen molar-refractivity contribution in [2.75, 3.05) is 18.5 Å². The Morgan fingerprint density at radius 3 is 2.85 bits per heavy atom. The van der Waals surface area contributed by atoms with Gasteiger partial charge in [0.2, 0.25) is 11.8 Å². The summed E-state index contributed by atoms with van der Waals surface area (Å²) >= 11 is 0. The van der Waals surface area contributed by atoms with Crippen molar-refractivity contribution < 1.29 is 23.9 Å². The van der Waals surface area contributed by atoms with Crippen molar-refractivity contribution in [3.05, 3.63) is 29.3 Å². The molecule has 2 aliphatic heterocycles. The number of carbonyl (C=O) groups is 4. The van der Waals surface area contributed by atoms with Gasteiger partial charge in [-0.2, -0.15) is 0 Å².